The Kier molecular flexibility index (Phi) is 8.21. The van der Waals surface area contributed by atoms with E-state index in [-0.39, 0.29) is 20.8 Å². The summed E-state index contributed by atoms with van der Waals surface area (Å²) in [6, 6.07) is 2.18. The lowest BCUT2D eigenvalue weighted by Crippen LogP contribution is -2.36. The molecule has 0 unspecified atom stereocenters. The van der Waals surface area contributed by atoms with Crippen LogP contribution in [0.4, 0.5) is 14.5 Å². The van der Waals surface area contributed by atoms with Crippen molar-refractivity contribution < 1.29 is 8.78 Å². The minimum atomic E-state index is -0.797. The van der Waals surface area contributed by atoms with Crippen molar-refractivity contribution in [3.05, 3.63) is 24.0 Å². The summed E-state index contributed by atoms with van der Waals surface area (Å²) in [4.78, 5) is 6.63. The number of aromatic nitrogens is 2. The maximum atomic E-state index is 16.0. The Hall–Kier alpha value is -2.24. The molecule has 194 valence electrons. The molecule has 2 heterocycles. The third-order valence-electron chi connectivity index (χ3n) is 6.58. The first kappa shape index (κ1) is 26.8. The molecule has 2 aliphatic carbocycles. The molecule has 2 aromatic rings. The predicted molar refractivity (Wildman–Crippen MR) is 142 cm³/mol. The lowest BCUT2D eigenvalue weighted by Gasteiger charge is -2.27. The molecular formula is C23H31F2N9S2. The van der Waals surface area contributed by atoms with Gasteiger partial charge in [0.1, 0.15) is 22.8 Å². The van der Waals surface area contributed by atoms with E-state index >= 15 is 4.39 Å². The number of hydrogen-bond donors (Lipinski definition) is 5. The van der Waals surface area contributed by atoms with Crippen molar-refractivity contribution in [1.29, 1.82) is 16.1 Å². The summed E-state index contributed by atoms with van der Waals surface area (Å²) >= 11 is 1.97. The highest BCUT2D eigenvalue weighted by Crippen LogP contribution is 2.49. The fraction of sp³-hybridized carbons (Fsp3) is 0.565. The molecule has 4 rings (SSSR count). The second kappa shape index (κ2) is 11.0. The highest BCUT2D eigenvalue weighted by atomic mass is 32.2. The van der Waals surface area contributed by atoms with Crippen molar-refractivity contribution in [3.63, 3.8) is 0 Å². The number of anilines is 1. The SMILES string of the molecule is CNCCN(CCNC)c1c(F)c(SNC2(CF)CC2)cn2c(C(=N)SC(=N)C3(C#N)CC3)ncc12. The third-order valence-corrected chi connectivity index (χ3v) is 8.60. The van der Waals surface area contributed by atoms with Crippen LogP contribution in [0.3, 0.4) is 0 Å². The average Bonchev–Trinajstić information content (AvgIpc) is 3.80. The first-order valence-corrected chi connectivity index (χ1v) is 13.5. The van der Waals surface area contributed by atoms with Crippen molar-refractivity contribution in [2.24, 2.45) is 5.41 Å². The minimum Gasteiger partial charge on any atom is -0.365 e. The van der Waals surface area contributed by atoms with Crippen molar-refractivity contribution in [2.75, 3.05) is 51.8 Å². The van der Waals surface area contributed by atoms with Gasteiger partial charge in [-0.05, 0) is 51.7 Å². The number of nitrogens with one attached hydrogen (secondary N) is 5. The van der Waals surface area contributed by atoms with Crippen molar-refractivity contribution in [3.8, 4) is 6.07 Å². The van der Waals surface area contributed by atoms with Gasteiger partial charge >= 0.3 is 0 Å². The Labute approximate surface area is 217 Å². The number of likely N-dealkylation sites (N-methyl/N-ethyl adjacent to an activating group) is 2. The van der Waals surface area contributed by atoms with Gasteiger partial charge < -0.3 is 15.5 Å². The summed E-state index contributed by atoms with van der Waals surface area (Å²) in [5, 5.41) is 32.7. The zero-order valence-corrected chi connectivity index (χ0v) is 22.0. The maximum Gasteiger partial charge on any atom is 0.169 e. The van der Waals surface area contributed by atoms with Crippen LogP contribution in [-0.4, -0.2) is 72.0 Å². The Morgan fingerprint density at radius 1 is 1.22 bits per heavy atom. The van der Waals surface area contributed by atoms with Crippen LogP contribution in [0.5, 0.6) is 0 Å². The zero-order chi connectivity index (χ0) is 25.9. The summed E-state index contributed by atoms with van der Waals surface area (Å²) in [6.07, 6.45) is 5.76. The second-order valence-electron chi connectivity index (χ2n) is 9.26. The largest absolute Gasteiger partial charge is 0.365 e. The number of fused-ring (bicyclic) bond motifs is 1. The Morgan fingerprint density at radius 3 is 2.42 bits per heavy atom. The summed E-state index contributed by atoms with van der Waals surface area (Å²) in [7, 11) is 3.67. The van der Waals surface area contributed by atoms with E-state index in [0.29, 0.717) is 63.1 Å². The van der Waals surface area contributed by atoms with Crippen molar-refractivity contribution in [2.45, 2.75) is 36.1 Å². The fourth-order valence-corrected chi connectivity index (χ4v) is 5.60. The van der Waals surface area contributed by atoms with E-state index in [9.17, 15) is 9.65 Å². The lowest BCUT2D eigenvalue weighted by molar-refractivity contribution is 0.402. The van der Waals surface area contributed by atoms with Gasteiger partial charge in [-0.3, -0.25) is 19.9 Å². The van der Waals surface area contributed by atoms with Gasteiger partial charge in [-0.1, -0.05) is 11.8 Å². The molecule has 0 amide bonds. The summed E-state index contributed by atoms with van der Waals surface area (Å²) in [5.74, 6) is -0.160. The average molecular weight is 536 g/mol. The number of pyridine rings is 1. The number of halogens is 2. The van der Waals surface area contributed by atoms with E-state index in [1.165, 1.54) is 0 Å². The molecule has 0 atom stereocenters. The van der Waals surface area contributed by atoms with Crippen molar-refractivity contribution in [1.82, 2.24) is 24.7 Å². The first-order valence-electron chi connectivity index (χ1n) is 11.8. The Balaban J connectivity index is 1.73. The lowest BCUT2D eigenvalue weighted by atomic mass is 10.2. The van der Waals surface area contributed by atoms with E-state index in [1.54, 1.807) is 16.8 Å². The molecule has 36 heavy (non-hydrogen) atoms. The molecule has 0 aromatic carbocycles. The molecule has 5 N–H and O–H groups in total. The molecule has 0 saturated heterocycles. The van der Waals surface area contributed by atoms with Crippen LogP contribution >= 0.6 is 23.7 Å². The normalized spacial score (nSPS) is 17.1. The van der Waals surface area contributed by atoms with Gasteiger partial charge in [0.25, 0.3) is 0 Å². The molecule has 13 heteroatoms. The standard InChI is InChI=1S/C23H31F2N9S2/c1-29-7-9-33(10-8-30-2)18-15-11-31-20(19(27)35-21(28)22(14-26)3-4-22)34(15)12-16(17(18)25)36-32-23(13-24)5-6-23/h11-12,27-30,32H,3-10,13H2,1-2H3. The summed E-state index contributed by atoms with van der Waals surface area (Å²) < 4.78 is 34.3. The van der Waals surface area contributed by atoms with Gasteiger partial charge in [0.2, 0.25) is 0 Å². The number of thioether (sulfide) groups is 1. The Bertz CT molecular complexity index is 1180. The molecular weight excluding hydrogens is 504 g/mol. The number of imidazole rings is 1. The molecule has 2 aliphatic rings. The monoisotopic (exact) mass is 535 g/mol. The highest BCUT2D eigenvalue weighted by Gasteiger charge is 2.48. The van der Waals surface area contributed by atoms with E-state index in [2.05, 4.69) is 26.4 Å². The van der Waals surface area contributed by atoms with Gasteiger partial charge in [-0.15, -0.1) is 0 Å². The molecule has 0 aliphatic heterocycles. The van der Waals surface area contributed by atoms with Crippen LogP contribution in [0.25, 0.3) is 5.52 Å². The zero-order valence-electron chi connectivity index (χ0n) is 20.4. The number of hydrogen-bond acceptors (Lipinski definition) is 10. The molecule has 0 spiro atoms. The molecule has 2 saturated carbocycles. The van der Waals surface area contributed by atoms with Crippen LogP contribution < -0.4 is 20.3 Å². The van der Waals surface area contributed by atoms with E-state index in [0.717, 1.165) is 23.7 Å². The quantitative estimate of drug-likeness (QED) is 0.150. The first-order chi connectivity index (χ1) is 17.3. The number of nitrogens with zero attached hydrogens (tertiary/aromatic N) is 4. The minimum absolute atomic E-state index is 0.0161. The summed E-state index contributed by atoms with van der Waals surface area (Å²) in [5.41, 5.74) is -0.548. The predicted octanol–water partition coefficient (Wildman–Crippen LogP) is 3.16. The Morgan fingerprint density at radius 2 is 1.89 bits per heavy atom. The summed E-state index contributed by atoms with van der Waals surface area (Å²) in [6.45, 7) is 1.84. The van der Waals surface area contributed by atoms with E-state index in [1.807, 2.05) is 19.0 Å². The van der Waals surface area contributed by atoms with Crippen LogP contribution in [0.1, 0.15) is 31.5 Å². The van der Waals surface area contributed by atoms with Gasteiger partial charge in [0.05, 0.1) is 33.3 Å². The molecule has 0 radical (unpaired) electrons. The fourth-order valence-electron chi connectivity index (χ4n) is 3.78. The molecule has 2 fully saturated rings. The van der Waals surface area contributed by atoms with E-state index in [4.69, 9.17) is 10.8 Å². The topological polar surface area (TPSA) is 128 Å². The second-order valence-corrected chi connectivity index (χ2v) is 11.1. The van der Waals surface area contributed by atoms with Gasteiger partial charge in [0.15, 0.2) is 11.6 Å². The van der Waals surface area contributed by atoms with Crippen LogP contribution in [-0.2, 0) is 0 Å². The smallest absolute Gasteiger partial charge is 0.169 e. The molecule has 2 aromatic heterocycles. The third kappa shape index (κ3) is 5.38. The van der Waals surface area contributed by atoms with Crippen molar-refractivity contribution >= 4 is 45.0 Å². The molecule has 9 nitrogen and oxygen atoms in total. The van der Waals surface area contributed by atoms with Crippen LogP contribution in [0.15, 0.2) is 17.3 Å². The number of nitriles is 1. The van der Waals surface area contributed by atoms with E-state index < -0.39 is 23.4 Å². The number of rotatable bonds is 13. The van der Waals surface area contributed by atoms with Crippen LogP contribution in [0.2, 0.25) is 0 Å². The van der Waals surface area contributed by atoms with Gasteiger partial charge in [-0.25, -0.2) is 13.8 Å². The van der Waals surface area contributed by atoms with Crippen LogP contribution in [0, 0.1) is 33.4 Å². The van der Waals surface area contributed by atoms with Gasteiger partial charge in [0, 0.05) is 32.4 Å². The maximum absolute atomic E-state index is 16.0. The van der Waals surface area contributed by atoms with Gasteiger partial charge in [-0.2, -0.15) is 5.26 Å². The number of alkyl halides is 1. The molecule has 0 bridgehead atoms. The highest BCUT2D eigenvalue weighted by molar-refractivity contribution is 8.26.